The summed E-state index contributed by atoms with van der Waals surface area (Å²) in [7, 11) is 0. The van der Waals surface area contributed by atoms with E-state index >= 15 is 0 Å². The maximum atomic E-state index is 11.6. The third-order valence-corrected chi connectivity index (χ3v) is 6.40. The normalized spacial score (nSPS) is 16.2. The Labute approximate surface area is 138 Å². The van der Waals surface area contributed by atoms with Gasteiger partial charge in [-0.1, -0.05) is 28.1 Å². The van der Waals surface area contributed by atoms with Gasteiger partial charge in [-0.3, -0.25) is 4.79 Å². The van der Waals surface area contributed by atoms with E-state index in [1.54, 1.807) is 11.3 Å². The van der Waals surface area contributed by atoms with Gasteiger partial charge in [0.25, 0.3) is 0 Å². The first-order valence-electron chi connectivity index (χ1n) is 6.45. The zero-order valence-electron chi connectivity index (χ0n) is 10.7. The standard InChI is InChI=1S/C15H13Br2NOS/c16-13-7-6-12(20-13)15(17)10-4-5-11-9(8-10)2-1-3-14(19)18-11/h4-8,15H,1-3H2,(H,18,19). The molecule has 2 nitrogen and oxygen atoms in total. The second-order valence-corrected chi connectivity index (χ2v) is 8.23. The molecule has 20 heavy (non-hydrogen) atoms. The molecule has 5 heteroatoms. The Hall–Kier alpha value is -0.650. The Bertz CT molecular complexity index is 653. The molecule has 104 valence electrons. The number of anilines is 1. The van der Waals surface area contributed by atoms with Crippen LogP contribution >= 0.6 is 43.2 Å². The van der Waals surface area contributed by atoms with E-state index in [0.29, 0.717) is 6.42 Å². The quantitative estimate of drug-likeness (QED) is 0.666. The van der Waals surface area contributed by atoms with Crippen LogP contribution in [0, 0.1) is 0 Å². The number of carbonyl (C=O) groups is 1. The largest absolute Gasteiger partial charge is 0.326 e. The highest BCUT2D eigenvalue weighted by molar-refractivity contribution is 9.11. The van der Waals surface area contributed by atoms with Crippen LogP contribution in [-0.2, 0) is 11.2 Å². The molecule has 1 aromatic carbocycles. The average molecular weight is 415 g/mol. The Morgan fingerprint density at radius 2 is 2.05 bits per heavy atom. The highest BCUT2D eigenvalue weighted by atomic mass is 79.9. The van der Waals surface area contributed by atoms with Crippen LogP contribution in [-0.4, -0.2) is 5.91 Å². The molecule has 0 radical (unpaired) electrons. The molecule has 0 fully saturated rings. The van der Waals surface area contributed by atoms with Crippen molar-refractivity contribution >= 4 is 54.8 Å². The van der Waals surface area contributed by atoms with Crippen molar-refractivity contribution in [3.05, 3.63) is 50.1 Å². The first-order valence-corrected chi connectivity index (χ1v) is 8.98. The minimum Gasteiger partial charge on any atom is -0.326 e. The minimum absolute atomic E-state index is 0.120. The maximum Gasteiger partial charge on any atom is 0.224 e. The van der Waals surface area contributed by atoms with Gasteiger partial charge in [0.1, 0.15) is 0 Å². The van der Waals surface area contributed by atoms with Crippen LogP contribution in [0.5, 0.6) is 0 Å². The van der Waals surface area contributed by atoms with Crippen molar-refractivity contribution in [2.75, 3.05) is 5.32 Å². The first kappa shape index (κ1) is 14.3. The van der Waals surface area contributed by atoms with E-state index in [1.165, 1.54) is 16.0 Å². The smallest absolute Gasteiger partial charge is 0.224 e. The van der Waals surface area contributed by atoms with Crippen molar-refractivity contribution in [2.24, 2.45) is 0 Å². The van der Waals surface area contributed by atoms with E-state index < -0.39 is 0 Å². The molecule has 0 saturated heterocycles. The highest BCUT2D eigenvalue weighted by Crippen LogP contribution is 2.38. The van der Waals surface area contributed by atoms with Crippen molar-refractivity contribution in [1.82, 2.24) is 0 Å². The van der Waals surface area contributed by atoms with Gasteiger partial charge in [0.15, 0.2) is 0 Å². The lowest BCUT2D eigenvalue weighted by molar-refractivity contribution is -0.116. The zero-order chi connectivity index (χ0) is 14.1. The van der Waals surface area contributed by atoms with Crippen LogP contribution in [0.2, 0.25) is 0 Å². The molecule has 2 aromatic rings. The molecular weight excluding hydrogens is 402 g/mol. The number of rotatable bonds is 2. The lowest BCUT2D eigenvalue weighted by atomic mass is 10.0. The van der Waals surface area contributed by atoms with Gasteiger partial charge in [-0.15, -0.1) is 11.3 Å². The SMILES string of the molecule is O=C1CCCc2cc(C(Br)c3ccc(Br)s3)ccc2N1. The summed E-state index contributed by atoms with van der Waals surface area (Å²) in [6.07, 6.45) is 2.48. The molecule has 0 bridgehead atoms. The Morgan fingerprint density at radius 3 is 2.80 bits per heavy atom. The molecule has 1 atom stereocenters. The average Bonchev–Trinajstić information content (AvgIpc) is 2.77. The number of alkyl halides is 1. The second-order valence-electron chi connectivity index (χ2n) is 4.82. The van der Waals surface area contributed by atoms with Crippen LogP contribution < -0.4 is 5.32 Å². The number of nitrogens with one attached hydrogen (secondary N) is 1. The predicted molar refractivity (Wildman–Crippen MR) is 90.8 cm³/mol. The van der Waals surface area contributed by atoms with Gasteiger partial charge in [-0.2, -0.15) is 0 Å². The molecular formula is C15H13Br2NOS. The van der Waals surface area contributed by atoms with Gasteiger partial charge >= 0.3 is 0 Å². The Kier molecular flexibility index (Phi) is 4.29. The summed E-state index contributed by atoms with van der Waals surface area (Å²) in [5.41, 5.74) is 3.42. The molecule has 1 unspecified atom stereocenters. The number of aryl methyl sites for hydroxylation is 1. The van der Waals surface area contributed by atoms with Crippen molar-refractivity contribution in [2.45, 2.75) is 24.1 Å². The third kappa shape index (κ3) is 3.00. The maximum absolute atomic E-state index is 11.6. The van der Waals surface area contributed by atoms with E-state index in [1.807, 2.05) is 6.07 Å². The third-order valence-electron chi connectivity index (χ3n) is 3.39. The number of halogens is 2. The van der Waals surface area contributed by atoms with Crippen molar-refractivity contribution in [3.8, 4) is 0 Å². The Morgan fingerprint density at radius 1 is 1.20 bits per heavy atom. The van der Waals surface area contributed by atoms with Gasteiger partial charge < -0.3 is 5.32 Å². The number of thiophene rings is 1. The van der Waals surface area contributed by atoms with Gasteiger partial charge in [0.2, 0.25) is 5.91 Å². The molecule has 1 aliphatic rings. The number of amides is 1. The summed E-state index contributed by atoms with van der Waals surface area (Å²) in [6.45, 7) is 0. The molecule has 3 rings (SSSR count). The van der Waals surface area contributed by atoms with E-state index in [4.69, 9.17) is 0 Å². The molecule has 1 aliphatic heterocycles. The van der Waals surface area contributed by atoms with Gasteiger partial charge in [0.05, 0.1) is 8.61 Å². The number of hydrogen-bond acceptors (Lipinski definition) is 2. The molecule has 0 aliphatic carbocycles. The van der Waals surface area contributed by atoms with Gasteiger partial charge in [0, 0.05) is 17.0 Å². The molecule has 0 saturated carbocycles. The summed E-state index contributed by atoms with van der Waals surface area (Å²) in [4.78, 5) is 13.0. The lowest BCUT2D eigenvalue weighted by Crippen LogP contribution is -2.09. The van der Waals surface area contributed by atoms with Crippen LogP contribution in [0.3, 0.4) is 0 Å². The summed E-state index contributed by atoms with van der Waals surface area (Å²) >= 11 is 9.00. The summed E-state index contributed by atoms with van der Waals surface area (Å²) in [5.74, 6) is 0.120. The number of carbonyl (C=O) groups excluding carboxylic acids is 1. The highest BCUT2D eigenvalue weighted by Gasteiger charge is 2.17. The molecule has 1 amide bonds. The number of fused-ring (bicyclic) bond motifs is 1. The van der Waals surface area contributed by atoms with Crippen molar-refractivity contribution in [1.29, 1.82) is 0 Å². The van der Waals surface area contributed by atoms with Crippen molar-refractivity contribution in [3.63, 3.8) is 0 Å². The van der Waals surface area contributed by atoms with Crippen LogP contribution in [0.1, 0.15) is 33.7 Å². The molecule has 1 aromatic heterocycles. The van der Waals surface area contributed by atoms with E-state index in [-0.39, 0.29) is 10.7 Å². The topological polar surface area (TPSA) is 29.1 Å². The monoisotopic (exact) mass is 413 g/mol. The summed E-state index contributed by atoms with van der Waals surface area (Å²) in [5, 5.41) is 2.97. The van der Waals surface area contributed by atoms with Crippen LogP contribution in [0.25, 0.3) is 0 Å². The van der Waals surface area contributed by atoms with E-state index in [9.17, 15) is 4.79 Å². The molecule has 1 N–H and O–H groups in total. The van der Waals surface area contributed by atoms with Gasteiger partial charge in [-0.05, 0) is 58.1 Å². The van der Waals surface area contributed by atoms with E-state index in [2.05, 4.69) is 61.4 Å². The fraction of sp³-hybridized carbons (Fsp3) is 0.267. The minimum atomic E-state index is 0.120. The van der Waals surface area contributed by atoms with Gasteiger partial charge in [-0.25, -0.2) is 0 Å². The van der Waals surface area contributed by atoms with Crippen LogP contribution in [0.4, 0.5) is 5.69 Å². The summed E-state index contributed by atoms with van der Waals surface area (Å²) < 4.78 is 1.14. The second kappa shape index (κ2) is 6.00. The summed E-state index contributed by atoms with van der Waals surface area (Å²) in [6, 6.07) is 10.5. The predicted octanol–water partition coefficient (Wildman–Crippen LogP) is 5.27. The zero-order valence-corrected chi connectivity index (χ0v) is 14.6. The molecule has 2 heterocycles. The number of hydrogen-bond donors (Lipinski definition) is 1. The number of benzene rings is 1. The van der Waals surface area contributed by atoms with Crippen LogP contribution in [0.15, 0.2) is 34.1 Å². The fourth-order valence-electron chi connectivity index (χ4n) is 2.38. The first-order chi connectivity index (χ1) is 9.63. The fourth-order valence-corrected chi connectivity index (χ4v) is 4.53. The van der Waals surface area contributed by atoms with Crippen molar-refractivity contribution < 1.29 is 4.79 Å². The lowest BCUT2D eigenvalue weighted by Gasteiger charge is -2.12. The molecule has 0 spiro atoms. The van der Waals surface area contributed by atoms with E-state index in [0.717, 1.165) is 22.3 Å². The Balaban J connectivity index is 1.92.